The smallest absolute Gasteiger partial charge is 0.123 e. The van der Waals surface area contributed by atoms with Crippen molar-refractivity contribution in [2.75, 3.05) is 0 Å². The molecular weight excluding hydrogens is 189 g/mol. The fourth-order valence-electron chi connectivity index (χ4n) is 1.99. The zero-order valence-corrected chi connectivity index (χ0v) is 9.17. The Balaban J connectivity index is 1.79. The normalized spacial score (nSPS) is 18.5. The van der Waals surface area contributed by atoms with Gasteiger partial charge in [0.05, 0.1) is 0 Å². The Hall–Kier alpha value is -0.890. The fourth-order valence-corrected chi connectivity index (χ4v) is 1.99. The third kappa shape index (κ3) is 2.78. The summed E-state index contributed by atoms with van der Waals surface area (Å²) in [4.78, 5) is 0. The maximum atomic E-state index is 12.7. The van der Waals surface area contributed by atoms with Crippen molar-refractivity contribution in [2.24, 2.45) is 5.92 Å². The predicted molar refractivity (Wildman–Crippen MR) is 60.0 cm³/mol. The number of halogens is 1. The van der Waals surface area contributed by atoms with Gasteiger partial charge >= 0.3 is 0 Å². The van der Waals surface area contributed by atoms with Gasteiger partial charge in [-0.25, -0.2) is 4.39 Å². The lowest BCUT2D eigenvalue weighted by Gasteiger charge is -2.32. The Morgan fingerprint density at radius 3 is 2.53 bits per heavy atom. The van der Waals surface area contributed by atoms with Crippen LogP contribution in [0, 0.1) is 11.7 Å². The van der Waals surface area contributed by atoms with Crippen molar-refractivity contribution >= 4 is 0 Å². The Kier molecular flexibility index (Phi) is 3.37. The Morgan fingerprint density at radius 1 is 1.33 bits per heavy atom. The van der Waals surface area contributed by atoms with Gasteiger partial charge in [-0.2, -0.15) is 0 Å². The van der Waals surface area contributed by atoms with Gasteiger partial charge in [-0.15, -0.1) is 0 Å². The van der Waals surface area contributed by atoms with Crippen LogP contribution in [0.5, 0.6) is 0 Å². The van der Waals surface area contributed by atoms with Crippen molar-refractivity contribution in [3.05, 3.63) is 35.6 Å². The molecule has 82 valence electrons. The molecule has 0 aliphatic heterocycles. The van der Waals surface area contributed by atoms with E-state index < -0.39 is 0 Å². The van der Waals surface area contributed by atoms with Crippen molar-refractivity contribution in [1.82, 2.24) is 5.32 Å². The molecule has 0 bridgehead atoms. The summed E-state index contributed by atoms with van der Waals surface area (Å²) in [7, 11) is 0. The molecule has 1 nitrogen and oxygen atoms in total. The first-order valence-electron chi connectivity index (χ1n) is 5.73. The Bertz CT molecular complexity index is 303. The van der Waals surface area contributed by atoms with Gasteiger partial charge < -0.3 is 5.32 Å². The van der Waals surface area contributed by atoms with Gasteiger partial charge in [0.25, 0.3) is 0 Å². The van der Waals surface area contributed by atoms with Crippen LogP contribution >= 0.6 is 0 Å². The molecule has 1 fully saturated rings. The lowest BCUT2D eigenvalue weighted by atomic mass is 9.80. The molecule has 0 amide bonds. The lowest BCUT2D eigenvalue weighted by molar-refractivity contribution is 0.240. The first kappa shape index (κ1) is 10.6. The van der Waals surface area contributed by atoms with E-state index in [1.165, 1.54) is 31.4 Å². The first-order chi connectivity index (χ1) is 7.25. The van der Waals surface area contributed by atoms with E-state index in [-0.39, 0.29) is 5.82 Å². The molecule has 1 aliphatic carbocycles. The Morgan fingerprint density at radius 2 is 2.00 bits per heavy atom. The molecule has 1 aliphatic rings. The van der Waals surface area contributed by atoms with Crippen molar-refractivity contribution in [3.63, 3.8) is 0 Å². The van der Waals surface area contributed by atoms with Crippen LogP contribution in [-0.2, 0) is 6.54 Å². The van der Waals surface area contributed by atoms with Gasteiger partial charge in [-0.1, -0.05) is 18.6 Å². The van der Waals surface area contributed by atoms with Gasteiger partial charge in [0.15, 0.2) is 0 Å². The SMILES string of the molecule is CC(NCc1ccc(F)cc1)C1CCC1. The second-order valence-electron chi connectivity index (χ2n) is 4.49. The van der Waals surface area contributed by atoms with Gasteiger partial charge in [0.1, 0.15) is 5.82 Å². The third-order valence-electron chi connectivity index (χ3n) is 3.40. The van der Waals surface area contributed by atoms with Crippen LogP contribution in [0.3, 0.4) is 0 Å². The molecule has 0 saturated heterocycles. The van der Waals surface area contributed by atoms with Crippen molar-refractivity contribution in [3.8, 4) is 0 Å². The summed E-state index contributed by atoms with van der Waals surface area (Å²) < 4.78 is 12.7. The number of hydrogen-bond donors (Lipinski definition) is 1. The van der Waals surface area contributed by atoms with Crippen LogP contribution in [0.1, 0.15) is 31.7 Å². The molecule has 1 atom stereocenters. The summed E-state index contributed by atoms with van der Waals surface area (Å²) >= 11 is 0. The van der Waals surface area contributed by atoms with Crippen LogP contribution in [0.25, 0.3) is 0 Å². The molecule has 1 N–H and O–H groups in total. The second kappa shape index (κ2) is 4.75. The standard InChI is InChI=1S/C13H18FN/c1-10(12-3-2-4-12)15-9-11-5-7-13(14)8-6-11/h5-8,10,12,15H,2-4,9H2,1H3. The van der Waals surface area contributed by atoms with E-state index in [2.05, 4.69) is 12.2 Å². The number of rotatable bonds is 4. The average molecular weight is 207 g/mol. The molecule has 2 rings (SSSR count). The topological polar surface area (TPSA) is 12.0 Å². The minimum absolute atomic E-state index is 0.161. The number of nitrogens with one attached hydrogen (secondary N) is 1. The molecule has 0 radical (unpaired) electrons. The van der Waals surface area contributed by atoms with E-state index in [1.54, 1.807) is 0 Å². The van der Waals surface area contributed by atoms with E-state index in [4.69, 9.17) is 0 Å². The van der Waals surface area contributed by atoms with Crippen LogP contribution < -0.4 is 5.32 Å². The molecule has 1 saturated carbocycles. The van der Waals surface area contributed by atoms with E-state index in [9.17, 15) is 4.39 Å². The van der Waals surface area contributed by atoms with E-state index >= 15 is 0 Å². The van der Waals surface area contributed by atoms with Gasteiger partial charge in [-0.05, 0) is 43.4 Å². The monoisotopic (exact) mass is 207 g/mol. The highest BCUT2D eigenvalue weighted by Crippen LogP contribution is 2.29. The van der Waals surface area contributed by atoms with E-state index in [1.807, 2.05) is 12.1 Å². The number of hydrogen-bond acceptors (Lipinski definition) is 1. The van der Waals surface area contributed by atoms with Crippen LogP contribution in [0.4, 0.5) is 4.39 Å². The molecule has 15 heavy (non-hydrogen) atoms. The zero-order chi connectivity index (χ0) is 10.7. The van der Waals surface area contributed by atoms with Crippen LogP contribution in [0.15, 0.2) is 24.3 Å². The first-order valence-corrected chi connectivity index (χ1v) is 5.73. The minimum Gasteiger partial charge on any atom is -0.310 e. The highest BCUT2D eigenvalue weighted by atomic mass is 19.1. The average Bonchev–Trinajstić information content (AvgIpc) is 2.14. The van der Waals surface area contributed by atoms with Crippen LogP contribution in [-0.4, -0.2) is 6.04 Å². The molecular formula is C13H18FN. The number of benzene rings is 1. The maximum Gasteiger partial charge on any atom is 0.123 e. The van der Waals surface area contributed by atoms with E-state index in [0.717, 1.165) is 18.0 Å². The highest BCUT2D eigenvalue weighted by molar-refractivity contribution is 5.15. The quantitative estimate of drug-likeness (QED) is 0.800. The molecule has 0 aromatic heterocycles. The van der Waals surface area contributed by atoms with E-state index in [0.29, 0.717) is 6.04 Å². The molecule has 1 aromatic rings. The van der Waals surface area contributed by atoms with Crippen molar-refractivity contribution in [1.29, 1.82) is 0 Å². The molecule has 1 unspecified atom stereocenters. The maximum absolute atomic E-state index is 12.7. The lowest BCUT2D eigenvalue weighted by Crippen LogP contribution is -2.36. The largest absolute Gasteiger partial charge is 0.310 e. The highest BCUT2D eigenvalue weighted by Gasteiger charge is 2.23. The van der Waals surface area contributed by atoms with Crippen LogP contribution in [0.2, 0.25) is 0 Å². The van der Waals surface area contributed by atoms with Gasteiger partial charge in [0, 0.05) is 12.6 Å². The zero-order valence-electron chi connectivity index (χ0n) is 9.17. The summed E-state index contributed by atoms with van der Waals surface area (Å²) in [5.41, 5.74) is 1.16. The molecule has 2 heteroatoms. The molecule has 0 spiro atoms. The Labute approximate surface area is 90.7 Å². The summed E-state index contributed by atoms with van der Waals surface area (Å²) in [6.45, 7) is 3.09. The van der Waals surface area contributed by atoms with Crippen molar-refractivity contribution < 1.29 is 4.39 Å². The van der Waals surface area contributed by atoms with Gasteiger partial charge in [0.2, 0.25) is 0 Å². The summed E-state index contributed by atoms with van der Waals surface area (Å²) in [5.74, 6) is 0.691. The summed E-state index contributed by atoms with van der Waals surface area (Å²) in [5, 5.41) is 3.50. The second-order valence-corrected chi connectivity index (χ2v) is 4.49. The summed E-state index contributed by atoms with van der Waals surface area (Å²) in [6, 6.07) is 7.31. The summed E-state index contributed by atoms with van der Waals surface area (Å²) in [6.07, 6.45) is 4.10. The molecule has 0 heterocycles. The third-order valence-corrected chi connectivity index (χ3v) is 3.40. The minimum atomic E-state index is -0.161. The predicted octanol–water partition coefficient (Wildman–Crippen LogP) is 3.10. The fraction of sp³-hybridized carbons (Fsp3) is 0.538. The van der Waals surface area contributed by atoms with Gasteiger partial charge in [-0.3, -0.25) is 0 Å². The molecule has 1 aromatic carbocycles. The van der Waals surface area contributed by atoms with Crippen molar-refractivity contribution in [2.45, 2.75) is 38.8 Å².